The molecule has 3 aromatic carbocycles. The predicted octanol–water partition coefficient (Wildman–Crippen LogP) is 6.75. The zero-order chi connectivity index (χ0) is 20.5. The molecule has 5 aromatic rings. The number of aryl methyl sites for hydroxylation is 1. The monoisotopic (exact) mass is 453 g/mol. The quantitative estimate of drug-likeness (QED) is 0.301. The molecule has 0 spiro atoms. The summed E-state index contributed by atoms with van der Waals surface area (Å²) in [4.78, 5) is 5.00. The molecular formula is C26H20BrN3. The van der Waals surface area contributed by atoms with Gasteiger partial charge in [0.15, 0.2) is 5.65 Å². The van der Waals surface area contributed by atoms with Crippen LogP contribution in [-0.2, 0) is 6.42 Å². The second kappa shape index (κ2) is 7.88. The zero-order valence-corrected chi connectivity index (χ0v) is 18.2. The Morgan fingerprint density at radius 1 is 0.833 bits per heavy atom. The first-order valence-corrected chi connectivity index (χ1v) is 10.7. The van der Waals surface area contributed by atoms with E-state index in [-0.39, 0.29) is 0 Å². The highest BCUT2D eigenvalue weighted by Crippen LogP contribution is 2.31. The standard InChI is InChI=1S/C26H20BrN3/c1-18-21(16-19-8-4-2-5-9-19)17-24-25(20-12-14-22(27)15-13-20)29-30(26(24)28-18)23-10-6-3-7-11-23/h2-15,17H,16H2,1H3. The van der Waals surface area contributed by atoms with Crippen LogP contribution in [0.1, 0.15) is 16.8 Å². The van der Waals surface area contributed by atoms with Gasteiger partial charge in [-0.1, -0.05) is 76.6 Å². The number of pyridine rings is 1. The lowest BCUT2D eigenvalue weighted by Gasteiger charge is -2.08. The van der Waals surface area contributed by atoms with E-state index in [1.807, 2.05) is 28.9 Å². The summed E-state index contributed by atoms with van der Waals surface area (Å²) in [5, 5.41) is 6.05. The Morgan fingerprint density at radius 2 is 1.50 bits per heavy atom. The van der Waals surface area contributed by atoms with E-state index in [0.717, 1.165) is 44.6 Å². The van der Waals surface area contributed by atoms with E-state index in [4.69, 9.17) is 10.1 Å². The van der Waals surface area contributed by atoms with Gasteiger partial charge in [0.1, 0.15) is 5.69 Å². The van der Waals surface area contributed by atoms with Crippen molar-refractivity contribution in [2.45, 2.75) is 13.3 Å². The summed E-state index contributed by atoms with van der Waals surface area (Å²) in [5.41, 5.74) is 7.45. The molecule has 0 bridgehead atoms. The summed E-state index contributed by atoms with van der Waals surface area (Å²) in [5.74, 6) is 0. The lowest BCUT2D eigenvalue weighted by molar-refractivity contribution is 0.896. The van der Waals surface area contributed by atoms with Crippen LogP contribution in [0.4, 0.5) is 0 Å². The molecule has 3 nitrogen and oxygen atoms in total. The molecule has 0 saturated carbocycles. The molecule has 4 heteroatoms. The third kappa shape index (κ3) is 3.55. The molecule has 0 aliphatic heterocycles. The van der Waals surface area contributed by atoms with Crippen molar-refractivity contribution in [3.05, 3.63) is 112 Å². The molecule has 30 heavy (non-hydrogen) atoms. The lowest BCUT2D eigenvalue weighted by atomic mass is 10.0. The molecule has 2 aromatic heterocycles. The van der Waals surface area contributed by atoms with E-state index < -0.39 is 0 Å². The van der Waals surface area contributed by atoms with Crippen molar-refractivity contribution in [3.63, 3.8) is 0 Å². The van der Waals surface area contributed by atoms with Crippen molar-refractivity contribution in [1.29, 1.82) is 0 Å². The highest BCUT2D eigenvalue weighted by Gasteiger charge is 2.17. The fraction of sp³-hybridized carbons (Fsp3) is 0.0769. The minimum atomic E-state index is 0.853. The van der Waals surface area contributed by atoms with Crippen molar-refractivity contribution < 1.29 is 0 Å². The van der Waals surface area contributed by atoms with Gasteiger partial charge in [-0.2, -0.15) is 5.10 Å². The molecule has 0 radical (unpaired) electrons. The largest absolute Gasteiger partial charge is 0.233 e. The van der Waals surface area contributed by atoms with Crippen LogP contribution in [0.2, 0.25) is 0 Å². The molecule has 0 N–H and O–H groups in total. The fourth-order valence-electron chi connectivity index (χ4n) is 3.74. The molecule has 0 atom stereocenters. The molecule has 5 rings (SSSR count). The average molecular weight is 454 g/mol. The molecule has 0 unspecified atom stereocenters. The Labute approximate surface area is 184 Å². The number of hydrogen-bond acceptors (Lipinski definition) is 2. The smallest absolute Gasteiger partial charge is 0.163 e. The van der Waals surface area contributed by atoms with Crippen LogP contribution >= 0.6 is 15.9 Å². The number of para-hydroxylation sites is 1. The van der Waals surface area contributed by atoms with Crippen molar-refractivity contribution in [3.8, 4) is 16.9 Å². The number of halogens is 1. The lowest BCUT2D eigenvalue weighted by Crippen LogP contribution is -2.00. The van der Waals surface area contributed by atoms with E-state index in [0.29, 0.717) is 0 Å². The Bertz CT molecular complexity index is 1310. The maximum atomic E-state index is 5.00. The van der Waals surface area contributed by atoms with Gasteiger partial charge in [0, 0.05) is 21.1 Å². The Hall–Kier alpha value is -3.24. The number of nitrogens with zero attached hydrogens (tertiary/aromatic N) is 3. The summed E-state index contributed by atoms with van der Waals surface area (Å²) in [6.45, 7) is 2.08. The van der Waals surface area contributed by atoms with Crippen LogP contribution in [0.3, 0.4) is 0 Å². The van der Waals surface area contributed by atoms with E-state index >= 15 is 0 Å². The number of benzene rings is 3. The third-order valence-electron chi connectivity index (χ3n) is 5.31. The SMILES string of the molecule is Cc1nc2c(cc1Cc1ccccc1)c(-c1ccc(Br)cc1)nn2-c1ccccc1. The highest BCUT2D eigenvalue weighted by molar-refractivity contribution is 9.10. The minimum absolute atomic E-state index is 0.853. The number of hydrogen-bond donors (Lipinski definition) is 0. The van der Waals surface area contributed by atoms with E-state index in [2.05, 4.69) is 89.6 Å². The van der Waals surface area contributed by atoms with Gasteiger partial charge in [-0.25, -0.2) is 9.67 Å². The van der Waals surface area contributed by atoms with Gasteiger partial charge in [-0.15, -0.1) is 0 Å². The summed E-state index contributed by atoms with van der Waals surface area (Å²) < 4.78 is 3.00. The summed E-state index contributed by atoms with van der Waals surface area (Å²) >= 11 is 3.53. The summed E-state index contributed by atoms with van der Waals surface area (Å²) in [7, 11) is 0. The molecule has 0 aliphatic carbocycles. The van der Waals surface area contributed by atoms with Crippen LogP contribution in [0.15, 0.2) is 95.5 Å². The maximum absolute atomic E-state index is 5.00. The Kier molecular flexibility index (Phi) is 4.93. The van der Waals surface area contributed by atoms with Crippen LogP contribution in [0.5, 0.6) is 0 Å². The van der Waals surface area contributed by atoms with Crippen LogP contribution in [0, 0.1) is 6.92 Å². The molecule has 0 aliphatic rings. The van der Waals surface area contributed by atoms with Gasteiger partial charge in [-0.3, -0.25) is 0 Å². The first-order valence-electron chi connectivity index (χ1n) is 9.93. The Balaban J connectivity index is 1.72. The van der Waals surface area contributed by atoms with Gasteiger partial charge in [0.05, 0.1) is 5.69 Å². The topological polar surface area (TPSA) is 30.7 Å². The normalized spacial score (nSPS) is 11.1. The molecule has 0 saturated heterocycles. The van der Waals surface area contributed by atoms with E-state index in [1.54, 1.807) is 0 Å². The first-order chi connectivity index (χ1) is 14.7. The molecule has 2 heterocycles. The zero-order valence-electron chi connectivity index (χ0n) is 16.6. The van der Waals surface area contributed by atoms with Crippen molar-refractivity contribution in [2.24, 2.45) is 0 Å². The molecule has 0 fully saturated rings. The van der Waals surface area contributed by atoms with Crippen molar-refractivity contribution in [1.82, 2.24) is 14.8 Å². The minimum Gasteiger partial charge on any atom is -0.233 e. The van der Waals surface area contributed by atoms with Gasteiger partial charge in [0.25, 0.3) is 0 Å². The van der Waals surface area contributed by atoms with Gasteiger partial charge in [0.2, 0.25) is 0 Å². The van der Waals surface area contributed by atoms with E-state index in [1.165, 1.54) is 11.1 Å². The average Bonchev–Trinajstić information content (AvgIpc) is 3.14. The molecular weight excluding hydrogens is 434 g/mol. The van der Waals surface area contributed by atoms with Gasteiger partial charge in [-0.05, 0) is 54.8 Å². The van der Waals surface area contributed by atoms with Crippen molar-refractivity contribution in [2.75, 3.05) is 0 Å². The van der Waals surface area contributed by atoms with Gasteiger partial charge >= 0.3 is 0 Å². The summed E-state index contributed by atoms with van der Waals surface area (Å²) in [6, 6.07) is 31.3. The third-order valence-corrected chi connectivity index (χ3v) is 5.84. The van der Waals surface area contributed by atoms with Crippen molar-refractivity contribution >= 4 is 27.0 Å². The van der Waals surface area contributed by atoms with E-state index in [9.17, 15) is 0 Å². The molecule has 0 amide bonds. The van der Waals surface area contributed by atoms with Crippen LogP contribution in [-0.4, -0.2) is 14.8 Å². The second-order valence-corrected chi connectivity index (χ2v) is 8.28. The number of rotatable bonds is 4. The maximum Gasteiger partial charge on any atom is 0.163 e. The predicted molar refractivity (Wildman–Crippen MR) is 126 cm³/mol. The second-order valence-electron chi connectivity index (χ2n) is 7.37. The highest BCUT2D eigenvalue weighted by atomic mass is 79.9. The Morgan fingerprint density at radius 3 is 2.20 bits per heavy atom. The summed E-state index contributed by atoms with van der Waals surface area (Å²) in [6.07, 6.45) is 0.853. The number of aromatic nitrogens is 3. The van der Waals surface area contributed by atoms with Crippen LogP contribution in [0.25, 0.3) is 28.0 Å². The van der Waals surface area contributed by atoms with Crippen LogP contribution < -0.4 is 0 Å². The first kappa shape index (κ1) is 18.8. The van der Waals surface area contributed by atoms with Gasteiger partial charge < -0.3 is 0 Å². The fourth-order valence-corrected chi connectivity index (χ4v) is 4.00. The number of fused-ring (bicyclic) bond motifs is 1. The molecule has 146 valence electrons.